The molecular formula is C18H23N5O. The second-order valence-electron chi connectivity index (χ2n) is 6.84. The van der Waals surface area contributed by atoms with Gasteiger partial charge in [-0.3, -0.25) is 4.90 Å². The zero-order chi connectivity index (χ0) is 16.4. The molecule has 0 amide bonds. The minimum atomic E-state index is 0.627. The Labute approximate surface area is 141 Å². The number of aromatic nitrogens is 4. The van der Waals surface area contributed by atoms with Gasteiger partial charge in [-0.05, 0) is 47.9 Å². The van der Waals surface area contributed by atoms with Crippen LogP contribution in [0.5, 0.6) is 0 Å². The molecule has 0 spiro atoms. The number of fused-ring (bicyclic) bond motifs is 1. The van der Waals surface area contributed by atoms with Gasteiger partial charge < -0.3 is 4.57 Å². The molecule has 0 bridgehead atoms. The lowest BCUT2D eigenvalue weighted by Gasteiger charge is -2.26. The first-order chi connectivity index (χ1) is 11.8. The van der Waals surface area contributed by atoms with Gasteiger partial charge in [0.1, 0.15) is 11.0 Å². The Balaban J connectivity index is 1.44. The summed E-state index contributed by atoms with van der Waals surface area (Å²) < 4.78 is 7.16. The molecule has 1 saturated carbocycles. The summed E-state index contributed by atoms with van der Waals surface area (Å²) in [6.45, 7) is 1.75. The molecule has 0 saturated heterocycles. The van der Waals surface area contributed by atoms with Crippen molar-refractivity contribution in [1.29, 1.82) is 0 Å². The smallest absolute Gasteiger partial charge is 0.135 e. The van der Waals surface area contributed by atoms with Gasteiger partial charge in [0.25, 0.3) is 0 Å². The quantitative estimate of drug-likeness (QED) is 0.718. The highest BCUT2D eigenvalue weighted by molar-refractivity contribution is 5.73. The normalized spacial score (nSPS) is 16.2. The Morgan fingerprint density at radius 2 is 1.96 bits per heavy atom. The Morgan fingerprint density at radius 1 is 1.12 bits per heavy atom. The minimum absolute atomic E-state index is 0.627. The minimum Gasteiger partial charge on any atom is -0.330 e. The number of benzene rings is 1. The maximum atomic E-state index is 4.77. The van der Waals surface area contributed by atoms with Crippen LogP contribution in [0.15, 0.2) is 35.4 Å². The van der Waals surface area contributed by atoms with Crippen LogP contribution in [0.4, 0.5) is 0 Å². The van der Waals surface area contributed by atoms with E-state index in [1.807, 2.05) is 24.7 Å². The SMILES string of the molecule is CN(Cc1ccc2nonc2c1)Cc1cncn1C1CCCCC1. The molecule has 0 atom stereocenters. The summed E-state index contributed by atoms with van der Waals surface area (Å²) in [6.07, 6.45) is 10.6. The molecule has 4 rings (SSSR count). The first-order valence-electron chi connectivity index (χ1n) is 8.70. The van der Waals surface area contributed by atoms with E-state index < -0.39 is 0 Å². The van der Waals surface area contributed by atoms with Gasteiger partial charge in [-0.1, -0.05) is 25.3 Å². The molecule has 0 unspecified atom stereocenters. The molecule has 0 radical (unpaired) electrons. The van der Waals surface area contributed by atoms with E-state index >= 15 is 0 Å². The molecule has 2 aromatic heterocycles. The number of imidazole rings is 1. The average molecular weight is 325 g/mol. The maximum Gasteiger partial charge on any atom is 0.135 e. The molecule has 1 aromatic carbocycles. The Kier molecular flexibility index (Phi) is 4.30. The van der Waals surface area contributed by atoms with E-state index in [9.17, 15) is 0 Å². The largest absolute Gasteiger partial charge is 0.330 e. The van der Waals surface area contributed by atoms with Crippen LogP contribution in [0, 0.1) is 0 Å². The molecule has 1 aliphatic rings. The van der Waals surface area contributed by atoms with Crippen LogP contribution < -0.4 is 0 Å². The molecule has 1 fully saturated rings. The van der Waals surface area contributed by atoms with Crippen molar-refractivity contribution in [2.45, 2.75) is 51.2 Å². The van der Waals surface area contributed by atoms with E-state index in [-0.39, 0.29) is 0 Å². The third-order valence-corrected chi connectivity index (χ3v) is 4.92. The van der Waals surface area contributed by atoms with E-state index in [0.29, 0.717) is 6.04 Å². The Morgan fingerprint density at radius 3 is 2.83 bits per heavy atom. The topological polar surface area (TPSA) is 60.0 Å². The van der Waals surface area contributed by atoms with Crippen molar-refractivity contribution < 1.29 is 4.63 Å². The van der Waals surface area contributed by atoms with Crippen molar-refractivity contribution in [2.24, 2.45) is 0 Å². The third kappa shape index (κ3) is 3.19. The lowest BCUT2D eigenvalue weighted by atomic mass is 9.95. The highest BCUT2D eigenvalue weighted by Crippen LogP contribution is 2.29. The molecular weight excluding hydrogens is 302 g/mol. The first-order valence-corrected chi connectivity index (χ1v) is 8.70. The summed E-state index contributed by atoms with van der Waals surface area (Å²) in [5.74, 6) is 0. The second kappa shape index (κ2) is 6.73. The second-order valence-corrected chi connectivity index (χ2v) is 6.84. The molecule has 126 valence electrons. The predicted molar refractivity (Wildman–Crippen MR) is 91.3 cm³/mol. The molecule has 0 N–H and O–H groups in total. The summed E-state index contributed by atoms with van der Waals surface area (Å²) in [7, 11) is 2.14. The van der Waals surface area contributed by atoms with Gasteiger partial charge >= 0.3 is 0 Å². The number of hydrogen-bond donors (Lipinski definition) is 0. The van der Waals surface area contributed by atoms with Crippen LogP contribution in [-0.2, 0) is 13.1 Å². The highest BCUT2D eigenvalue weighted by Gasteiger charge is 2.18. The van der Waals surface area contributed by atoms with Crippen molar-refractivity contribution >= 4 is 11.0 Å². The fourth-order valence-corrected chi connectivity index (χ4v) is 3.71. The van der Waals surface area contributed by atoms with Gasteiger partial charge in [0.05, 0.1) is 12.0 Å². The van der Waals surface area contributed by atoms with E-state index in [1.165, 1.54) is 43.4 Å². The molecule has 6 nitrogen and oxygen atoms in total. The summed E-state index contributed by atoms with van der Waals surface area (Å²) in [4.78, 5) is 6.71. The number of hydrogen-bond acceptors (Lipinski definition) is 5. The summed E-state index contributed by atoms with van der Waals surface area (Å²) in [5, 5.41) is 7.77. The lowest BCUT2D eigenvalue weighted by molar-refractivity contribution is 0.290. The van der Waals surface area contributed by atoms with Crippen LogP contribution in [0.1, 0.15) is 49.4 Å². The van der Waals surface area contributed by atoms with Crippen molar-refractivity contribution in [1.82, 2.24) is 24.8 Å². The van der Waals surface area contributed by atoms with Crippen molar-refractivity contribution in [3.05, 3.63) is 42.0 Å². The predicted octanol–water partition coefficient (Wildman–Crippen LogP) is 3.56. The third-order valence-electron chi connectivity index (χ3n) is 4.92. The maximum absolute atomic E-state index is 4.77. The Bertz CT molecular complexity index is 802. The lowest BCUT2D eigenvalue weighted by Crippen LogP contribution is -2.21. The van der Waals surface area contributed by atoms with Crippen LogP contribution in [0.25, 0.3) is 11.0 Å². The first kappa shape index (κ1) is 15.3. The van der Waals surface area contributed by atoms with Crippen LogP contribution in [0.3, 0.4) is 0 Å². The number of rotatable bonds is 5. The van der Waals surface area contributed by atoms with Gasteiger partial charge in [0.2, 0.25) is 0 Å². The fourth-order valence-electron chi connectivity index (χ4n) is 3.71. The van der Waals surface area contributed by atoms with E-state index in [0.717, 1.165) is 24.1 Å². The summed E-state index contributed by atoms with van der Waals surface area (Å²) in [6, 6.07) is 6.71. The zero-order valence-corrected chi connectivity index (χ0v) is 14.1. The van der Waals surface area contributed by atoms with Gasteiger partial charge in [-0.15, -0.1) is 0 Å². The number of nitrogens with zero attached hydrogens (tertiary/aromatic N) is 5. The summed E-state index contributed by atoms with van der Waals surface area (Å²) >= 11 is 0. The van der Waals surface area contributed by atoms with Crippen LogP contribution >= 0.6 is 0 Å². The van der Waals surface area contributed by atoms with Gasteiger partial charge in [0.15, 0.2) is 0 Å². The molecule has 24 heavy (non-hydrogen) atoms. The summed E-state index contributed by atoms with van der Waals surface area (Å²) in [5.41, 5.74) is 4.13. The van der Waals surface area contributed by atoms with Crippen LogP contribution in [0.2, 0.25) is 0 Å². The van der Waals surface area contributed by atoms with Crippen molar-refractivity contribution in [3.8, 4) is 0 Å². The van der Waals surface area contributed by atoms with Gasteiger partial charge in [0, 0.05) is 25.3 Å². The van der Waals surface area contributed by atoms with E-state index in [1.54, 1.807) is 0 Å². The van der Waals surface area contributed by atoms with Gasteiger partial charge in [-0.2, -0.15) is 0 Å². The monoisotopic (exact) mass is 325 g/mol. The molecule has 3 aromatic rings. The van der Waals surface area contributed by atoms with Gasteiger partial charge in [-0.25, -0.2) is 9.61 Å². The van der Waals surface area contributed by atoms with Crippen LogP contribution in [-0.4, -0.2) is 31.8 Å². The molecule has 0 aliphatic heterocycles. The molecule has 1 aliphatic carbocycles. The Hall–Kier alpha value is -2.21. The van der Waals surface area contributed by atoms with E-state index in [2.05, 4.69) is 37.9 Å². The zero-order valence-electron chi connectivity index (χ0n) is 14.1. The standard InChI is InChI=1S/C18H23N5O/c1-22(11-14-7-8-17-18(9-14)21-24-20-17)12-16-10-19-13-23(16)15-5-3-2-4-6-15/h7-10,13,15H,2-6,11-12H2,1H3. The average Bonchev–Trinajstić information content (AvgIpc) is 3.24. The van der Waals surface area contributed by atoms with E-state index in [4.69, 9.17) is 4.63 Å². The highest BCUT2D eigenvalue weighted by atomic mass is 16.6. The molecule has 2 heterocycles. The van der Waals surface area contributed by atoms with Crippen molar-refractivity contribution in [2.75, 3.05) is 7.05 Å². The molecule has 6 heteroatoms. The van der Waals surface area contributed by atoms with Crippen molar-refractivity contribution in [3.63, 3.8) is 0 Å². The fraction of sp³-hybridized carbons (Fsp3) is 0.500.